The van der Waals surface area contributed by atoms with Crippen LogP contribution in [0.15, 0.2) is 48.8 Å². The van der Waals surface area contributed by atoms with Gasteiger partial charge in [0.15, 0.2) is 5.82 Å². The number of carbonyl (C=O) groups excluding carboxylic acids is 1. The Morgan fingerprint density at radius 2 is 1.86 bits per heavy atom. The highest BCUT2D eigenvalue weighted by atomic mass is 19.4. The molecule has 0 unspecified atom stereocenters. The second-order valence-electron chi connectivity index (χ2n) is 14.1. The zero-order valence-electron chi connectivity index (χ0n) is 27.9. The van der Waals surface area contributed by atoms with Gasteiger partial charge in [-0.3, -0.25) is 9.69 Å². The van der Waals surface area contributed by atoms with Crippen molar-refractivity contribution < 1.29 is 18.0 Å². The lowest BCUT2D eigenvalue weighted by molar-refractivity contribution is -0.138. The molecule has 0 amide bonds. The number of rotatable bonds is 11. The standard InChI is InChI=1S/C37H36F3N9O/c1-47(20-30-27(21-50)13-25(15-31(30)37(38,39)40)19-49-12-10-35(22-49)5-6-35)33-17-26(16-32(44-33)45-36(7-8-36)9-11-41)29-14-24(18-42)3-4-28(29)34-46-43-23-48(34)2/h3-4,13-17,21,23H,5-10,12,19-20,22H2,1-2H3,(H,44,45). The highest BCUT2D eigenvalue weighted by Crippen LogP contribution is 2.53. The Kier molecular flexibility index (Phi) is 8.35. The van der Waals surface area contributed by atoms with Crippen LogP contribution in [0.1, 0.15) is 71.1 Å². The molecule has 0 bridgehead atoms. The maximum Gasteiger partial charge on any atom is 0.416 e. The van der Waals surface area contributed by atoms with Gasteiger partial charge in [0.1, 0.15) is 24.2 Å². The Hall–Kier alpha value is -5.27. The van der Waals surface area contributed by atoms with Gasteiger partial charge >= 0.3 is 6.18 Å². The molecule has 2 aromatic heterocycles. The molecular weight excluding hydrogens is 643 g/mol. The van der Waals surface area contributed by atoms with Crippen LogP contribution in [0.3, 0.4) is 0 Å². The first-order valence-corrected chi connectivity index (χ1v) is 16.6. The number of anilines is 2. The SMILES string of the molecule is CN(Cc1c(C=O)cc(CN2CCC3(CC3)C2)cc1C(F)(F)F)c1cc(-c2cc(C#N)ccc2-c2nncn2C)cc(NC2(CC#N)CC2)n1. The number of likely N-dealkylation sites (tertiary alicyclic amines) is 1. The molecule has 13 heteroatoms. The average molecular weight is 680 g/mol. The summed E-state index contributed by atoms with van der Waals surface area (Å²) in [5.74, 6) is 1.33. The Bertz CT molecular complexity index is 2050. The van der Waals surface area contributed by atoms with E-state index in [1.54, 1.807) is 60.2 Å². The molecule has 4 aromatic rings. The molecule has 3 heterocycles. The van der Waals surface area contributed by atoms with Crippen LogP contribution in [0.4, 0.5) is 24.8 Å². The third kappa shape index (κ3) is 6.66. The minimum Gasteiger partial charge on any atom is -0.364 e. The van der Waals surface area contributed by atoms with Crippen LogP contribution in [0, 0.1) is 28.1 Å². The predicted molar refractivity (Wildman–Crippen MR) is 181 cm³/mol. The molecule has 0 atom stereocenters. The van der Waals surface area contributed by atoms with Crippen molar-refractivity contribution in [1.29, 1.82) is 10.5 Å². The highest BCUT2D eigenvalue weighted by molar-refractivity contribution is 5.84. The summed E-state index contributed by atoms with van der Waals surface area (Å²) in [7, 11) is 3.44. The van der Waals surface area contributed by atoms with E-state index in [0.717, 1.165) is 32.4 Å². The Morgan fingerprint density at radius 1 is 1.06 bits per heavy atom. The first kappa shape index (κ1) is 33.2. The van der Waals surface area contributed by atoms with Crippen LogP contribution in [0.25, 0.3) is 22.5 Å². The number of nitriles is 2. The molecule has 3 fully saturated rings. The maximum absolute atomic E-state index is 14.7. The van der Waals surface area contributed by atoms with E-state index < -0.39 is 17.3 Å². The average Bonchev–Trinajstić information content (AvgIpc) is 3.94. The van der Waals surface area contributed by atoms with E-state index in [2.05, 4.69) is 32.6 Å². The van der Waals surface area contributed by atoms with E-state index in [4.69, 9.17) is 4.98 Å². The summed E-state index contributed by atoms with van der Waals surface area (Å²) in [6, 6.07) is 15.9. The molecule has 2 saturated carbocycles. The fourth-order valence-electron chi connectivity index (χ4n) is 7.13. The summed E-state index contributed by atoms with van der Waals surface area (Å²) in [4.78, 5) is 21.0. The Balaban J connectivity index is 1.28. The molecular formula is C37H36F3N9O. The Morgan fingerprint density at radius 3 is 2.48 bits per heavy atom. The van der Waals surface area contributed by atoms with Gasteiger partial charge in [0.2, 0.25) is 0 Å². The van der Waals surface area contributed by atoms with Gasteiger partial charge in [0.25, 0.3) is 0 Å². The zero-order chi connectivity index (χ0) is 35.3. The lowest BCUT2D eigenvalue weighted by atomic mass is 9.96. The molecule has 2 aromatic carbocycles. The smallest absolute Gasteiger partial charge is 0.364 e. The van der Waals surface area contributed by atoms with E-state index in [1.165, 1.54) is 18.9 Å². The number of alkyl halides is 3. The van der Waals surface area contributed by atoms with Gasteiger partial charge in [-0.25, -0.2) is 4.98 Å². The maximum atomic E-state index is 14.7. The van der Waals surface area contributed by atoms with Gasteiger partial charge in [0, 0.05) is 44.9 Å². The molecule has 1 spiro atoms. The van der Waals surface area contributed by atoms with Crippen LogP contribution in [0.2, 0.25) is 0 Å². The summed E-state index contributed by atoms with van der Waals surface area (Å²) in [6.45, 7) is 1.83. The van der Waals surface area contributed by atoms with Gasteiger partial charge in [-0.2, -0.15) is 23.7 Å². The molecule has 50 heavy (non-hydrogen) atoms. The third-order valence-electron chi connectivity index (χ3n) is 10.3. The van der Waals surface area contributed by atoms with Crippen molar-refractivity contribution in [1.82, 2.24) is 24.6 Å². The molecule has 1 saturated heterocycles. The lowest BCUT2D eigenvalue weighted by Gasteiger charge is -2.25. The van der Waals surface area contributed by atoms with E-state index in [1.807, 2.05) is 6.07 Å². The van der Waals surface area contributed by atoms with Crippen molar-refractivity contribution in [3.05, 3.63) is 76.6 Å². The Labute approximate surface area is 288 Å². The van der Waals surface area contributed by atoms with Crippen LogP contribution >= 0.6 is 0 Å². The van der Waals surface area contributed by atoms with E-state index >= 15 is 0 Å². The zero-order valence-corrected chi connectivity index (χ0v) is 27.9. The third-order valence-corrected chi connectivity index (χ3v) is 10.3. The molecule has 2 aliphatic carbocycles. The monoisotopic (exact) mass is 679 g/mol. The van der Waals surface area contributed by atoms with Gasteiger partial charge in [-0.05, 0) is 109 Å². The quantitative estimate of drug-likeness (QED) is 0.172. The van der Waals surface area contributed by atoms with Crippen molar-refractivity contribution >= 4 is 17.9 Å². The van der Waals surface area contributed by atoms with Gasteiger partial charge in [0.05, 0.1) is 35.2 Å². The normalized spacial score (nSPS) is 17.3. The fraction of sp³-hybridized carbons (Fsp3) is 0.405. The van der Waals surface area contributed by atoms with Gasteiger partial charge in [-0.1, -0.05) is 0 Å². The van der Waals surface area contributed by atoms with Crippen LogP contribution in [-0.4, -0.2) is 56.6 Å². The highest BCUT2D eigenvalue weighted by Gasteiger charge is 2.47. The number of aldehydes is 1. The predicted octanol–water partition coefficient (Wildman–Crippen LogP) is 6.73. The minimum atomic E-state index is -4.69. The van der Waals surface area contributed by atoms with E-state index in [0.29, 0.717) is 63.5 Å². The van der Waals surface area contributed by atoms with Crippen molar-refractivity contribution in [2.45, 2.75) is 63.3 Å². The first-order chi connectivity index (χ1) is 23.9. The number of carbonyl (C=O) groups is 1. The number of aryl methyl sites for hydroxylation is 1. The summed E-state index contributed by atoms with van der Waals surface area (Å²) in [5, 5.41) is 30.9. The number of halogens is 3. The molecule has 3 aliphatic rings. The summed E-state index contributed by atoms with van der Waals surface area (Å²) in [5.41, 5.74) is 1.75. The number of hydrogen-bond acceptors (Lipinski definition) is 9. The van der Waals surface area contributed by atoms with Crippen molar-refractivity contribution in [3.8, 4) is 34.7 Å². The summed E-state index contributed by atoms with van der Waals surface area (Å²) >= 11 is 0. The molecule has 1 N–H and O–H groups in total. The lowest BCUT2D eigenvalue weighted by Crippen LogP contribution is -2.25. The van der Waals surface area contributed by atoms with Crippen LogP contribution in [0.5, 0.6) is 0 Å². The summed E-state index contributed by atoms with van der Waals surface area (Å²) in [6.07, 6.45) is 2.58. The number of pyridine rings is 1. The second-order valence-corrected chi connectivity index (χ2v) is 14.1. The molecule has 256 valence electrons. The van der Waals surface area contributed by atoms with Crippen LogP contribution < -0.4 is 10.2 Å². The van der Waals surface area contributed by atoms with E-state index in [9.17, 15) is 28.5 Å². The van der Waals surface area contributed by atoms with Gasteiger partial charge in [-0.15, -0.1) is 10.2 Å². The fourth-order valence-corrected chi connectivity index (χ4v) is 7.13. The van der Waals surface area contributed by atoms with Gasteiger partial charge < -0.3 is 14.8 Å². The van der Waals surface area contributed by atoms with E-state index in [-0.39, 0.29) is 24.1 Å². The molecule has 7 rings (SSSR count). The number of aromatic nitrogens is 4. The van der Waals surface area contributed by atoms with Crippen LogP contribution in [-0.2, 0) is 26.3 Å². The number of benzene rings is 2. The molecule has 10 nitrogen and oxygen atoms in total. The summed E-state index contributed by atoms with van der Waals surface area (Å²) < 4.78 is 45.9. The van der Waals surface area contributed by atoms with Crippen molar-refractivity contribution in [2.75, 3.05) is 30.4 Å². The number of hydrogen-bond donors (Lipinski definition) is 1. The first-order valence-electron chi connectivity index (χ1n) is 16.6. The largest absolute Gasteiger partial charge is 0.416 e. The topological polar surface area (TPSA) is 127 Å². The van der Waals surface area contributed by atoms with Crippen molar-refractivity contribution in [3.63, 3.8) is 0 Å². The second kappa shape index (κ2) is 12.6. The number of nitrogens with one attached hydrogen (secondary N) is 1. The molecule has 1 aliphatic heterocycles. The molecule has 0 radical (unpaired) electrons. The number of nitrogens with zero attached hydrogens (tertiary/aromatic N) is 8. The minimum absolute atomic E-state index is 0.00578. The van der Waals surface area contributed by atoms with Crippen molar-refractivity contribution in [2.24, 2.45) is 12.5 Å².